The van der Waals surface area contributed by atoms with E-state index < -0.39 is 5.97 Å². The van der Waals surface area contributed by atoms with Crippen LogP contribution >= 0.6 is 0 Å². The van der Waals surface area contributed by atoms with Gasteiger partial charge in [0.1, 0.15) is 17.2 Å². The van der Waals surface area contributed by atoms with Gasteiger partial charge in [-0.2, -0.15) is 0 Å². The fourth-order valence-electron chi connectivity index (χ4n) is 3.94. The van der Waals surface area contributed by atoms with Gasteiger partial charge in [-0.1, -0.05) is 0 Å². The van der Waals surface area contributed by atoms with Gasteiger partial charge in [-0.15, -0.1) is 0 Å². The normalized spacial score (nSPS) is 18.0. The Morgan fingerprint density at radius 3 is 2.82 bits per heavy atom. The third-order valence-corrected chi connectivity index (χ3v) is 5.34. The molecule has 4 rings (SSSR count). The zero-order valence-electron chi connectivity index (χ0n) is 15.7. The van der Waals surface area contributed by atoms with E-state index >= 15 is 0 Å². The van der Waals surface area contributed by atoms with E-state index in [1.54, 1.807) is 12.0 Å². The number of ether oxygens (including phenoxy) is 3. The first-order chi connectivity index (χ1) is 13.5. The van der Waals surface area contributed by atoms with E-state index in [1.807, 2.05) is 18.2 Å². The molecule has 28 heavy (non-hydrogen) atoms. The number of benzene rings is 2. The molecule has 1 amide bonds. The zero-order valence-corrected chi connectivity index (χ0v) is 15.7. The fourth-order valence-corrected chi connectivity index (χ4v) is 3.94. The highest BCUT2D eigenvalue weighted by atomic mass is 16.5. The Kier molecular flexibility index (Phi) is 4.58. The van der Waals surface area contributed by atoms with Gasteiger partial charge in [-0.25, -0.2) is 4.79 Å². The Morgan fingerprint density at radius 2 is 2.07 bits per heavy atom. The van der Waals surface area contributed by atoms with Crippen LogP contribution in [0.1, 0.15) is 44.3 Å². The van der Waals surface area contributed by atoms with E-state index in [4.69, 9.17) is 14.2 Å². The lowest BCUT2D eigenvalue weighted by Crippen LogP contribution is -2.42. The summed E-state index contributed by atoms with van der Waals surface area (Å²) in [4.78, 5) is 27.0. The number of fused-ring (bicyclic) bond motifs is 2. The highest BCUT2D eigenvalue weighted by molar-refractivity contribution is 6.01. The SMILES string of the molecule is COC(=O)c1cc(O)c2c(c1)C(=O)N([C@H]1CCOc3ccc(OC)cc31)CC2. The predicted octanol–water partition coefficient (Wildman–Crippen LogP) is 2.71. The van der Waals surface area contributed by atoms with Crippen LogP contribution in [0.2, 0.25) is 0 Å². The van der Waals surface area contributed by atoms with Crippen molar-refractivity contribution in [1.29, 1.82) is 0 Å². The number of nitrogens with zero attached hydrogens (tertiary/aromatic N) is 1. The van der Waals surface area contributed by atoms with Crippen LogP contribution in [-0.2, 0) is 11.2 Å². The molecular weight excluding hydrogens is 362 g/mol. The van der Waals surface area contributed by atoms with Gasteiger partial charge in [-0.3, -0.25) is 4.79 Å². The average Bonchev–Trinajstić information content (AvgIpc) is 2.73. The molecule has 7 nitrogen and oxygen atoms in total. The Balaban J connectivity index is 1.73. The van der Waals surface area contributed by atoms with Crippen molar-refractivity contribution in [2.75, 3.05) is 27.4 Å². The second-order valence-corrected chi connectivity index (χ2v) is 6.82. The standard InChI is InChI=1S/C21H21NO6/c1-26-13-3-4-19-16(11-13)17(6-8-28-19)22-7-5-14-15(20(22)24)9-12(10-18(14)23)21(25)27-2/h3-4,9-11,17,23H,5-8H2,1-2H3/t17-/m0/s1. The van der Waals surface area contributed by atoms with Crippen molar-refractivity contribution in [3.8, 4) is 17.2 Å². The molecule has 1 atom stereocenters. The minimum Gasteiger partial charge on any atom is -0.508 e. The number of aromatic hydroxyl groups is 1. The Bertz CT molecular complexity index is 954. The number of amides is 1. The van der Waals surface area contributed by atoms with Gasteiger partial charge in [0.15, 0.2) is 0 Å². The molecule has 7 heteroatoms. The molecule has 0 saturated carbocycles. The van der Waals surface area contributed by atoms with Crippen LogP contribution in [0.3, 0.4) is 0 Å². The fraction of sp³-hybridized carbons (Fsp3) is 0.333. The molecule has 2 aromatic rings. The number of esters is 1. The second kappa shape index (κ2) is 7.07. The van der Waals surface area contributed by atoms with E-state index in [-0.39, 0.29) is 23.3 Å². The molecule has 0 aliphatic carbocycles. The molecule has 2 aliphatic rings. The van der Waals surface area contributed by atoms with E-state index in [0.717, 1.165) is 11.3 Å². The number of hydrogen-bond acceptors (Lipinski definition) is 6. The summed E-state index contributed by atoms with van der Waals surface area (Å²) in [5, 5.41) is 10.3. The Hall–Kier alpha value is -3.22. The minimum absolute atomic E-state index is 0.0556. The van der Waals surface area contributed by atoms with Crippen LogP contribution in [0.4, 0.5) is 0 Å². The lowest BCUT2D eigenvalue weighted by molar-refractivity contribution is 0.0597. The molecule has 0 spiro atoms. The molecule has 2 aromatic carbocycles. The molecule has 1 N–H and O–H groups in total. The van der Waals surface area contributed by atoms with Gasteiger partial charge in [0.2, 0.25) is 0 Å². The number of carbonyl (C=O) groups excluding carboxylic acids is 2. The molecular formula is C21H21NO6. The van der Waals surface area contributed by atoms with Crippen molar-refractivity contribution >= 4 is 11.9 Å². The van der Waals surface area contributed by atoms with E-state index in [0.29, 0.717) is 42.9 Å². The minimum atomic E-state index is -0.593. The van der Waals surface area contributed by atoms with E-state index in [9.17, 15) is 14.7 Å². The van der Waals surface area contributed by atoms with Crippen molar-refractivity contribution in [3.63, 3.8) is 0 Å². The lowest BCUT2D eigenvalue weighted by atomic mass is 9.91. The van der Waals surface area contributed by atoms with Crippen LogP contribution in [0, 0.1) is 0 Å². The molecule has 2 aliphatic heterocycles. The summed E-state index contributed by atoms with van der Waals surface area (Å²) >= 11 is 0. The maximum Gasteiger partial charge on any atom is 0.338 e. The van der Waals surface area contributed by atoms with Crippen molar-refractivity contribution < 1.29 is 28.9 Å². The smallest absolute Gasteiger partial charge is 0.338 e. The quantitative estimate of drug-likeness (QED) is 0.821. The summed E-state index contributed by atoms with van der Waals surface area (Å²) in [6.07, 6.45) is 1.16. The third kappa shape index (κ3) is 2.93. The molecule has 0 radical (unpaired) electrons. The first kappa shape index (κ1) is 18.2. The summed E-state index contributed by atoms with van der Waals surface area (Å²) < 4.78 is 15.8. The molecule has 0 fully saturated rings. The number of phenolic OH excluding ortho intramolecular Hbond substituents is 1. The molecule has 0 bridgehead atoms. The second-order valence-electron chi connectivity index (χ2n) is 6.82. The summed E-state index contributed by atoms with van der Waals surface area (Å²) in [5.41, 5.74) is 1.95. The van der Waals surface area contributed by atoms with Crippen molar-refractivity contribution in [3.05, 3.63) is 52.6 Å². The van der Waals surface area contributed by atoms with Crippen LogP contribution in [0.25, 0.3) is 0 Å². The van der Waals surface area contributed by atoms with E-state index in [2.05, 4.69) is 0 Å². The van der Waals surface area contributed by atoms with Crippen molar-refractivity contribution in [2.24, 2.45) is 0 Å². The Labute approximate surface area is 162 Å². The van der Waals surface area contributed by atoms with Crippen LogP contribution in [-0.4, -0.2) is 49.3 Å². The first-order valence-corrected chi connectivity index (χ1v) is 9.09. The highest BCUT2D eigenvalue weighted by Gasteiger charge is 2.35. The number of hydrogen-bond donors (Lipinski definition) is 1. The van der Waals surface area contributed by atoms with Gasteiger partial charge in [0, 0.05) is 29.7 Å². The van der Waals surface area contributed by atoms with Crippen molar-refractivity contribution in [2.45, 2.75) is 18.9 Å². The maximum absolute atomic E-state index is 13.3. The van der Waals surface area contributed by atoms with E-state index in [1.165, 1.54) is 19.2 Å². The van der Waals surface area contributed by atoms with Crippen LogP contribution in [0.5, 0.6) is 17.2 Å². The lowest BCUT2D eigenvalue weighted by Gasteiger charge is -2.38. The zero-order chi connectivity index (χ0) is 19.8. The third-order valence-electron chi connectivity index (χ3n) is 5.34. The van der Waals surface area contributed by atoms with Gasteiger partial charge in [0.25, 0.3) is 5.91 Å². The largest absolute Gasteiger partial charge is 0.508 e. The van der Waals surface area contributed by atoms with Gasteiger partial charge < -0.3 is 24.2 Å². The molecule has 2 heterocycles. The van der Waals surface area contributed by atoms with Gasteiger partial charge >= 0.3 is 5.97 Å². The molecule has 0 unspecified atom stereocenters. The maximum atomic E-state index is 13.3. The summed E-state index contributed by atoms with van der Waals surface area (Å²) in [6.45, 7) is 0.979. The monoisotopic (exact) mass is 383 g/mol. The molecule has 146 valence electrons. The Morgan fingerprint density at radius 1 is 1.25 bits per heavy atom. The number of carbonyl (C=O) groups is 2. The topological polar surface area (TPSA) is 85.3 Å². The number of phenols is 1. The molecule has 0 saturated heterocycles. The number of rotatable bonds is 3. The van der Waals surface area contributed by atoms with Crippen molar-refractivity contribution in [1.82, 2.24) is 4.90 Å². The average molecular weight is 383 g/mol. The van der Waals surface area contributed by atoms with Gasteiger partial charge in [-0.05, 0) is 36.8 Å². The van der Waals surface area contributed by atoms with Crippen LogP contribution in [0.15, 0.2) is 30.3 Å². The van der Waals surface area contributed by atoms with Crippen LogP contribution < -0.4 is 9.47 Å². The predicted molar refractivity (Wildman–Crippen MR) is 100 cm³/mol. The summed E-state index contributed by atoms with van der Waals surface area (Å²) in [5.74, 6) is 0.568. The number of methoxy groups -OCH3 is 2. The highest BCUT2D eigenvalue weighted by Crippen LogP contribution is 2.41. The summed E-state index contributed by atoms with van der Waals surface area (Å²) in [7, 11) is 2.86. The van der Waals surface area contributed by atoms with Gasteiger partial charge in [0.05, 0.1) is 32.4 Å². The molecule has 0 aromatic heterocycles. The first-order valence-electron chi connectivity index (χ1n) is 9.09. The summed E-state index contributed by atoms with van der Waals surface area (Å²) in [6, 6.07) is 8.26.